The number of hydrogen-bond donors (Lipinski definition) is 1. The van der Waals surface area contributed by atoms with E-state index in [0.717, 1.165) is 12.8 Å². The topological polar surface area (TPSA) is 85.8 Å². The molecule has 0 unspecified atom stereocenters. The number of aliphatic hydroxyl groups is 1. The number of rotatable bonds is 3. The Morgan fingerprint density at radius 3 is 2.78 bits per heavy atom. The van der Waals surface area contributed by atoms with Crippen LogP contribution in [0, 0.1) is 0 Å². The molecule has 1 saturated carbocycles. The molecule has 0 amide bonds. The molecular formula is C16H17N5O2. The van der Waals surface area contributed by atoms with E-state index in [2.05, 4.69) is 15.0 Å². The maximum atomic E-state index is 12.6. The lowest BCUT2D eigenvalue weighted by atomic mass is 10.2. The third-order valence-corrected chi connectivity index (χ3v) is 4.19. The first-order valence-electron chi connectivity index (χ1n) is 7.65. The van der Waals surface area contributed by atoms with E-state index in [-0.39, 0.29) is 11.6 Å². The summed E-state index contributed by atoms with van der Waals surface area (Å²) in [5.74, 6) is 0.572. The van der Waals surface area contributed by atoms with E-state index < -0.39 is 5.60 Å². The highest BCUT2D eigenvalue weighted by molar-refractivity contribution is 5.74. The van der Waals surface area contributed by atoms with Gasteiger partial charge in [-0.3, -0.25) is 4.79 Å². The Kier molecular flexibility index (Phi) is 2.89. The molecule has 118 valence electrons. The smallest absolute Gasteiger partial charge is 0.278 e. The average Bonchev–Trinajstić information content (AvgIpc) is 3.23. The molecule has 0 aromatic carbocycles. The van der Waals surface area contributed by atoms with Crippen LogP contribution in [0.1, 0.15) is 38.4 Å². The van der Waals surface area contributed by atoms with Crippen molar-refractivity contribution in [1.29, 1.82) is 0 Å². The molecule has 1 fully saturated rings. The number of hydrogen-bond acceptors (Lipinski definition) is 5. The summed E-state index contributed by atoms with van der Waals surface area (Å²) in [6.45, 7) is 3.87. The van der Waals surface area contributed by atoms with Crippen LogP contribution in [0.5, 0.6) is 0 Å². The molecule has 23 heavy (non-hydrogen) atoms. The molecule has 1 aliphatic carbocycles. The van der Waals surface area contributed by atoms with Gasteiger partial charge in [-0.25, -0.2) is 24.3 Å². The van der Waals surface area contributed by atoms with E-state index in [1.54, 1.807) is 9.36 Å². The first kappa shape index (κ1) is 14.1. The van der Waals surface area contributed by atoms with Gasteiger partial charge in [0.2, 0.25) is 0 Å². The zero-order chi connectivity index (χ0) is 16.2. The highest BCUT2D eigenvalue weighted by atomic mass is 16.3. The van der Waals surface area contributed by atoms with E-state index in [4.69, 9.17) is 0 Å². The molecule has 0 saturated heterocycles. The van der Waals surface area contributed by atoms with Crippen LogP contribution < -0.4 is 5.56 Å². The van der Waals surface area contributed by atoms with Gasteiger partial charge in [0, 0.05) is 12.2 Å². The van der Waals surface area contributed by atoms with Crippen LogP contribution in [0.4, 0.5) is 0 Å². The van der Waals surface area contributed by atoms with Crippen LogP contribution in [0.3, 0.4) is 0 Å². The summed E-state index contributed by atoms with van der Waals surface area (Å²) in [6.07, 6.45) is 4.38. The first-order valence-corrected chi connectivity index (χ1v) is 7.65. The van der Waals surface area contributed by atoms with Gasteiger partial charge in [-0.2, -0.15) is 0 Å². The van der Waals surface area contributed by atoms with Gasteiger partial charge in [-0.1, -0.05) is 6.07 Å². The van der Waals surface area contributed by atoms with Gasteiger partial charge in [0.25, 0.3) is 5.56 Å². The van der Waals surface area contributed by atoms with Gasteiger partial charge in [0.15, 0.2) is 11.5 Å². The van der Waals surface area contributed by atoms with Crippen LogP contribution in [0.2, 0.25) is 0 Å². The predicted octanol–water partition coefficient (Wildman–Crippen LogP) is 1.54. The van der Waals surface area contributed by atoms with Crippen LogP contribution in [0.25, 0.3) is 16.9 Å². The summed E-state index contributed by atoms with van der Waals surface area (Å²) in [6, 6.07) is 5.41. The normalized spacial score (nSPS) is 16.2. The summed E-state index contributed by atoms with van der Waals surface area (Å²) in [7, 11) is 0. The predicted molar refractivity (Wildman–Crippen MR) is 84.4 cm³/mol. The number of aromatic nitrogens is 5. The largest absolute Gasteiger partial charge is 0.384 e. The zero-order valence-electron chi connectivity index (χ0n) is 13.0. The van der Waals surface area contributed by atoms with E-state index in [9.17, 15) is 9.90 Å². The minimum Gasteiger partial charge on any atom is -0.384 e. The second kappa shape index (κ2) is 4.73. The highest BCUT2D eigenvalue weighted by Gasteiger charge is 2.43. The standard InChI is InChI=1S/C16H17N5O2/c1-10(2)20-15(22)11-8-17-9-18-14(11)21(20)13-5-3-4-12(19-13)16(23)6-7-16/h3-5,8-10,23H,6-7H2,1-2H3. The Labute approximate surface area is 132 Å². The molecule has 7 nitrogen and oxygen atoms in total. The minimum absolute atomic E-state index is 0.0637. The third-order valence-electron chi connectivity index (χ3n) is 4.19. The van der Waals surface area contributed by atoms with Crippen molar-refractivity contribution in [3.8, 4) is 5.82 Å². The maximum Gasteiger partial charge on any atom is 0.278 e. The zero-order valence-corrected chi connectivity index (χ0v) is 13.0. The lowest BCUT2D eigenvalue weighted by Crippen LogP contribution is -2.25. The van der Waals surface area contributed by atoms with E-state index in [0.29, 0.717) is 22.5 Å². The molecule has 1 aliphatic rings. The van der Waals surface area contributed by atoms with Gasteiger partial charge < -0.3 is 5.11 Å². The Balaban J connectivity index is 2.02. The first-order chi connectivity index (χ1) is 11.0. The van der Waals surface area contributed by atoms with Crippen LogP contribution >= 0.6 is 0 Å². The summed E-state index contributed by atoms with van der Waals surface area (Å²) in [5.41, 5.74) is 0.185. The number of nitrogens with zero attached hydrogens (tertiary/aromatic N) is 5. The molecule has 3 heterocycles. The third kappa shape index (κ3) is 2.08. The maximum absolute atomic E-state index is 12.6. The van der Waals surface area contributed by atoms with Crippen molar-refractivity contribution in [2.45, 2.75) is 38.3 Å². The second-order valence-corrected chi connectivity index (χ2v) is 6.23. The van der Waals surface area contributed by atoms with Crippen molar-refractivity contribution < 1.29 is 5.11 Å². The Hall–Kier alpha value is -2.54. The number of pyridine rings is 1. The van der Waals surface area contributed by atoms with Crippen molar-refractivity contribution in [2.75, 3.05) is 0 Å². The summed E-state index contributed by atoms with van der Waals surface area (Å²) >= 11 is 0. The minimum atomic E-state index is -0.823. The summed E-state index contributed by atoms with van der Waals surface area (Å²) in [5, 5.41) is 10.8. The molecule has 0 spiro atoms. The monoisotopic (exact) mass is 311 g/mol. The van der Waals surface area contributed by atoms with Crippen molar-refractivity contribution >= 4 is 11.0 Å². The Morgan fingerprint density at radius 2 is 2.09 bits per heavy atom. The van der Waals surface area contributed by atoms with Gasteiger partial charge in [0.05, 0.1) is 5.69 Å². The average molecular weight is 311 g/mol. The van der Waals surface area contributed by atoms with Crippen molar-refractivity contribution in [3.05, 3.63) is 46.8 Å². The van der Waals surface area contributed by atoms with Crippen LogP contribution in [-0.4, -0.2) is 29.4 Å². The van der Waals surface area contributed by atoms with Crippen molar-refractivity contribution in [3.63, 3.8) is 0 Å². The fraction of sp³-hybridized carbons (Fsp3) is 0.375. The van der Waals surface area contributed by atoms with Crippen molar-refractivity contribution in [2.24, 2.45) is 0 Å². The lowest BCUT2D eigenvalue weighted by Gasteiger charge is -2.16. The van der Waals surface area contributed by atoms with E-state index in [1.807, 2.05) is 32.0 Å². The lowest BCUT2D eigenvalue weighted by molar-refractivity contribution is 0.146. The van der Waals surface area contributed by atoms with Gasteiger partial charge in [0.1, 0.15) is 17.3 Å². The SMILES string of the molecule is CC(C)n1c(=O)c2cncnc2n1-c1cccc(C2(O)CC2)n1. The molecule has 1 N–H and O–H groups in total. The summed E-state index contributed by atoms with van der Waals surface area (Å²) < 4.78 is 3.32. The second-order valence-electron chi connectivity index (χ2n) is 6.23. The highest BCUT2D eigenvalue weighted by Crippen LogP contribution is 2.44. The Morgan fingerprint density at radius 1 is 1.30 bits per heavy atom. The van der Waals surface area contributed by atoms with Gasteiger partial charge >= 0.3 is 0 Å². The molecule has 0 bridgehead atoms. The molecule has 0 aliphatic heterocycles. The fourth-order valence-corrected chi connectivity index (χ4v) is 2.82. The van der Waals surface area contributed by atoms with Crippen LogP contribution in [0.15, 0.2) is 35.5 Å². The quantitative estimate of drug-likeness (QED) is 0.793. The van der Waals surface area contributed by atoms with Gasteiger partial charge in [-0.15, -0.1) is 0 Å². The summed E-state index contributed by atoms with van der Waals surface area (Å²) in [4.78, 5) is 25.4. The van der Waals surface area contributed by atoms with Crippen molar-refractivity contribution in [1.82, 2.24) is 24.3 Å². The Bertz CT molecular complexity index is 953. The molecule has 7 heteroatoms. The van der Waals surface area contributed by atoms with E-state index in [1.165, 1.54) is 12.5 Å². The van der Waals surface area contributed by atoms with Gasteiger partial charge in [-0.05, 0) is 38.8 Å². The molecule has 0 radical (unpaired) electrons. The number of fused-ring (bicyclic) bond motifs is 1. The van der Waals surface area contributed by atoms with E-state index >= 15 is 0 Å². The fourth-order valence-electron chi connectivity index (χ4n) is 2.82. The molecule has 4 rings (SSSR count). The molecular weight excluding hydrogens is 294 g/mol. The van der Waals surface area contributed by atoms with Crippen LogP contribution in [-0.2, 0) is 5.60 Å². The molecule has 0 atom stereocenters. The molecule has 3 aromatic rings. The molecule has 3 aromatic heterocycles.